The summed E-state index contributed by atoms with van der Waals surface area (Å²) in [7, 11) is 1.67. The Morgan fingerprint density at radius 1 is 1.33 bits per heavy atom. The number of aliphatic carboxylic acids is 1. The van der Waals surface area contributed by atoms with Crippen LogP contribution in [0.15, 0.2) is 24.3 Å². The van der Waals surface area contributed by atoms with Gasteiger partial charge in [0.1, 0.15) is 0 Å². The van der Waals surface area contributed by atoms with Gasteiger partial charge in [-0.1, -0.05) is 24.3 Å². The van der Waals surface area contributed by atoms with Crippen LogP contribution in [0.3, 0.4) is 0 Å². The molecule has 0 aliphatic heterocycles. The minimum absolute atomic E-state index is 0.188. The third kappa shape index (κ3) is 4.61. The molecular weight excluding hydrogens is 192 g/mol. The summed E-state index contributed by atoms with van der Waals surface area (Å²) in [6, 6.07) is 7.99. The monoisotopic (exact) mass is 208 g/mol. The molecule has 1 rings (SSSR count). The first-order chi connectivity index (χ1) is 7.22. The van der Waals surface area contributed by atoms with Crippen molar-refractivity contribution in [1.82, 2.24) is 0 Å². The first kappa shape index (κ1) is 11.7. The molecule has 1 aromatic carbocycles. The summed E-state index contributed by atoms with van der Waals surface area (Å²) >= 11 is 0. The van der Waals surface area contributed by atoms with Crippen LogP contribution in [0.4, 0.5) is 0 Å². The van der Waals surface area contributed by atoms with Crippen molar-refractivity contribution in [2.75, 3.05) is 13.7 Å². The molecule has 1 aromatic rings. The van der Waals surface area contributed by atoms with Gasteiger partial charge in [-0.05, 0) is 24.0 Å². The molecule has 15 heavy (non-hydrogen) atoms. The lowest BCUT2D eigenvalue weighted by molar-refractivity contribution is -0.136. The Bertz CT molecular complexity index is 320. The lowest BCUT2D eigenvalue weighted by Crippen LogP contribution is -1.99. The molecule has 0 bridgehead atoms. The Morgan fingerprint density at radius 3 is 2.60 bits per heavy atom. The Labute approximate surface area is 89.7 Å². The van der Waals surface area contributed by atoms with Crippen LogP contribution in [-0.2, 0) is 22.4 Å². The molecule has 0 fully saturated rings. The third-order valence-electron chi connectivity index (χ3n) is 2.21. The van der Waals surface area contributed by atoms with Gasteiger partial charge in [-0.15, -0.1) is 0 Å². The number of hydrogen-bond donors (Lipinski definition) is 1. The van der Waals surface area contributed by atoms with E-state index in [9.17, 15) is 4.79 Å². The highest BCUT2D eigenvalue weighted by atomic mass is 16.5. The lowest BCUT2D eigenvalue weighted by atomic mass is 10.0. The topological polar surface area (TPSA) is 46.5 Å². The van der Waals surface area contributed by atoms with Gasteiger partial charge in [0.25, 0.3) is 0 Å². The molecule has 0 radical (unpaired) electrons. The van der Waals surface area contributed by atoms with Crippen LogP contribution in [0.25, 0.3) is 0 Å². The number of carbonyl (C=O) groups is 1. The Morgan fingerprint density at radius 2 is 2.00 bits per heavy atom. The average molecular weight is 208 g/mol. The van der Waals surface area contributed by atoms with Crippen molar-refractivity contribution in [1.29, 1.82) is 0 Å². The Balaban J connectivity index is 2.53. The quantitative estimate of drug-likeness (QED) is 0.776. The second kappa shape index (κ2) is 6.19. The van der Waals surface area contributed by atoms with Gasteiger partial charge in [0.05, 0.1) is 6.61 Å². The van der Waals surface area contributed by atoms with Gasteiger partial charge in [0, 0.05) is 13.5 Å². The van der Waals surface area contributed by atoms with Crippen molar-refractivity contribution < 1.29 is 14.6 Å². The fourth-order valence-corrected chi connectivity index (χ4v) is 1.41. The summed E-state index contributed by atoms with van der Waals surface area (Å²) in [6.45, 7) is 0.697. The average Bonchev–Trinajstić information content (AvgIpc) is 2.24. The zero-order valence-electron chi connectivity index (χ0n) is 8.90. The summed E-state index contributed by atoms with van der Waals surface area (Å²) in [5.41, 5.74) is 2.27. The van der Waals surface area contributed by atoms with Crippen LogP contribution in [0.2, 0.25) is 0 Å². The van der Waals surface area contributed by atoms with Crippen LogP contribution in [0.5, 0.6) is 0 Å². The Hall–Kier alpha value is -1.35. The van der Waals surface area contributed by atoms with E-state index in [1.807, 2.05) is 24.3 Å². The van der Waals surface area contributed by atoms with Crippen LogP contribution in [0, 0.1) is 0 Å². The van der Waals surface area contributed by atoms with E-state index in [1.54, 1.807) is 7.11 Å². The van der Waals surface area contributed by atoms with Gasteiger partial charge in [-0.2, -0.15) is 0 Å². The minimum atomic E-state index is -0.753. The first-order valence-electron chi connectivity index (χ1n) is 5.01. The van der Waals surface area contributed by atoms with Crippen molar-refractivity contribution in [3.63, 3.8) is 0 Å². The molecule has 1 N–H and O–H groups in total. The van der Waals surface area contributed by atoms with Crippen molar-refractivity contribution in [2.24, 2.45) is 0 Å². The summed E-state index contributed by atoms with van der Waals surface area (Å²) < 4.78 is 4.99. The van der Waals surface area contributed by atoms with Gasteiger partial charge < -0.3 is 9.84 Å². The number of carboxylic acids is 1. The van der Waals surface area contributed by atoms with Crippen molar-refractivity contribution in [2.45, 2.75) is 19.3 Å². The van der Waals surface area contributed by atoms with Gasteiger partial charge in [-0.3, -0.25) is 4.79 Å². The minimum Gasteiger partial charge on any atom is -0.481 e. The molecule has 3 nitrogen and oxygen atoms in total. The highest BCUT2D eigenvalue weighted by Crippen LogP contribution is 2.08. The van der Waals surface area contributed by atoms with E-state index < -0.39 is 5.97 Å². The van der Waals surface area contributed by atoms with E-state index in [-0.39, 0.29) is 6.42 Å². The van der Waals surface area contributed by atoms with Gasteiger partial charge >= 0.3 is 5.97 Å². The molecule has 0 saturated carbocycles. The maximum absolute atomic E-state index is 10.4. The van der Waals surface area contributed by atoms with E-state index in [4.69, 9.17) is 9.84 Å². The number of benzene rings is 1. The molecule has 0 aliphatic rings. The van der Waals surface area contributed by atoms with E-state index in [1.165, 1.54) is 5.56 Å². The molecule has 0 aromatic heterocycles. The zero-order valence-corrected chi connectivity index (χ0v) is 8.90. The molecule has 82 valence electrons. The molecule has 0 heterocycles. The zero-order chi connectivity index (χ0) is 11.1. The van der Waals surface area contributed by atoms with Gasteiger partial charge in [-0.25, -0.2) is 0 Å². The smallest absolute Gasteiger partial charge is 0.303 e. The lowest BCUT2D eigenvalue weighted by Gasteiger charge is -2.03. The summed E-state index contributed by atoms with van der Waals surface area (Å²) in [4.78, 5) is 10.4. The molecule has 0 saturated heterocycles. The van der Waals surface area contributed by atoms with Crippen LogP contribution in [0.1, 0.15) is 17.5 Å². The predicted octanol–water partition coefficient (Wildman–Crippen LogP) is 1.89. The fourth-order valence-electron chi connectivity index (χ4n) is 1.41. The number of carboxylic acid groups (broad SMARTS) is 1. The predicted molar refractivity (Wildman–Crippen MR) is 58.0 cm³/mol. The molecule has 3 heteroatoms. The van der Waals surface area contributed by atoms with Crippen LogP contribution < -0.4 is 0 Å². The highest BCUT2D eigenvalue weighted by Gasteiger charge is 2.00. The normalized spacial score (nSPS) is 10.2. The van der Waals surface area contributed by atoms with Crippen molar-refractivity contribution in [3.05, 3.63) is 35.4 Å². The second-order valence-corrected chi connectivity index (χ2v) is 3.46. The maximum atomic E-state index is 10.4. The standard InChI is InChI=1S/C12H16O3/c1-15-8-7-11-4-2-3-10(9-11)5-6-12(13)14/h2-4,9H,5-8H2,1H3,(H,13,14). The SMILES string of the molecule is COCCc1cccc(CCC(=O)O)c1. The van der Waals surface area contributed by atoms with Crippen molar-refractivity contribution >= 4 is 5.97 Å². The molecule has 0 unspecified atom stereocenters. The fraction of sp³-hybridized carbons (Fsp3) is 0.417. The largest absolute Gasteiger partial charge is 0.481 e. The van der Waals surface area contributed by atoms with Crippen molar-refractivity contribution in [3.8, 4) is 0 Å². The summed E-state index contributed by atoms with van der Waals surface area (Å²) in [5, 5.41) is 8.57. The van der Waals surface area contributed by atoms with Gasteiger partial charge in [0.15, 0.2) is 0 Å². The summed E-state index contributed by atoms with van der Waals surface area (Å²) in [5.74, 6) is -0.753. The number of ether oxygens (including phenoxy) is 1. The third-order valence-corrected chi connectivity index (χ3v) is 2.21. The van der Waals surface area contributed by atoms with Gasteiger partial charge in [0.2, 0.25) is 0 Å². The highest BCUT2D eigenvalue weighted by molar-refractivity contribution is 5.67. The number of hydrogen-bond acceptors (Lipinski definition) is 2. The van der Waals surface area contributed by atoms with E-state index in [0.29, 0.717) is 13.0 Å². The Kier molecular flexibility index (Phi) is 4.84. The summed E-state index contributed by atoms with van der Waals surface area (Å²) in [6.07, 6.45) is 1.65. The molecule has 0 atom stereocenters. The number of methoxy groups -OCH3 is 1. The van der Waals surface area contributed by atoms with Crippen LogP contribution in [-0.4, -0.2) is 24.8 Å². The van der Waals surface area contributed by atoms with E-state index in [2.05, 4.69) is 0 Å². The number of aryl methyl sites for hydroxylation is 1. The van der Waals surface area contributed by atoms with E-state index in [0.717, 1.165) is 12.0 Å². The number of rotatable bonds is 6. The molecule has 0 spiro atoms. The molecule has 0 amide bonds. The van der Waals surface area contributed by atoms with E-state index >= 15 is 0 Å². The maximum Gasteiger partial charge on any atom is 0.303 e. The molecule has 0 aliphatic carbocycles. The first-order valence-corrected chi connectivity index (χ1v) is 5.01. The van der Waals surface area contributed by atoms with Crippen LogP contribution >= 0.6 is 0 Å². The second-order valence-electron chi connectivity index (χ2n) is 3.46. The molecular formula is C12H16O3.